The number of rotatable bonds is 3. The Bertz CT molecular complexity index is 931. The first-order valence-corrected chi connectivity index (χ1v) is 8.58. The minimum Gasteiger partial charge on any atom is -0.346 e. The number of benzene rings is 1. The first kappa shape index (κ1) is 18.6. The Balaban J connectivity index is 1.88. The predicted molar refractivity (Wildman–Crippen MR) is 101 cm³/mol. The van der Waals surface area contributed by atoms with Crippen LogP contribution in [0.2, 0.25) is 0 Å². The Kier molecular flexibility index (Phi) is 4.52. The average Bonchev–Trinajstić information content (AvgIpc) is 3.10. The summed E-state index contributed by atoms with van der Waals surface area (Å²) in [6.45, 7) is 5.03. The number of alkyl halides is 1. The number of halogens is 1. The van der Waals surface area contributed by atoms with Gasteiger partial charge in [0, 0.05) is 18.8 Å². The number of nitrogens with zero attached hydrogens (tertiary/aromatic N) is 3. The Morgan fingerprint density at radius 2 is 2.04 bits per heavy atom. The van der Waals surface area contributed by atoms with Crippen molar-refractivity contribution in [2.24, 2.45) is 0 Å². The molecule has 1 fully saturated rings. The zero-order valence-corrected chi connectivity index (χ0v) is 15.8. The lowest BCUT2D eigenvalue weighted by molar-refractivity contribution is -0.129. The monoisotopic (exact) mass is 367 g/mol. The van der Waals surface area contributed by atoms with E-state index in [1.54, 1.807) is 44.4 Å². The van der Waals surface area contributed by atoms with Gasteiger partial charge < -0.3 is 5.32 Å². The standard InChI is InChI=1S/C20H22FN5O/c1-5-6-16-12-26(13-23-16)20(3,21)15-9-7-14(8-10-15)19(2)11-17(27)25(4)18(22)24-19/h7-10,12-13H,11H2,1-4H3,(H2,22,24)/t19-,20?/m0/s1. The number of nitrogens with one attached hydrogen (secondary N) is 2. The average molecular weight is 367 g/mol. The lowest BCUT2D eigenvalue weighted by Crippen LogP contribution is -2.58. The highest BCUT2D eigenvalue weighted by Gasteiger charge is 2.38. The molecule has 27 heavy (non-hydrogen) atoms. The maximum atomic E-state index is 15.4. The van der Waals surface area contributed by atoms with Gasteiger partial charge in [0.15, 0.2) is 5.96 Å². The van der Waals surface area contributed by atoms with Gasteiger partial charge in [-0.1, -0.05) is 30.2 Å². The second-order valence-electron chi connectivity index (χ2n) is 7.01. The van der Waals surface area contributed by atoms with E-state index in [0.717, 1.165) is 5.56 Å². The van der Waals surface area contributed by atoms with Gasteiger partial charge in [-0.05, 0) is 32.3 Å². The normalized spacial score (nSPS) is 21.9. The molecule has 0 bridgehead atoms. The Labute approximate surface area is 157 Å². The molecule has 0 saturated carbocycles. The van der Waals surface area contributed by atoms with Crippen LogP contribution in [0.5, 0.6) is 0 Å². The molecular formula is C20H22FN5O. The SMILES string of the molecule is CC#Cc1cn(C(C)(F)c2ccc([C@]3(C)CC(=O)N(C)C(=N)N3)cc2)cn1. The molecule has 0 spiro atoms. The van der Waals surface area contributed by atoms with Crippen LogP contribution in [0, 0.1) is 17.3 Å². The fourth-order valence-electron chi connectivity index (χ4n) is 3.15. The summed E-state index contributed by atoms with van der Waals surface area (Å²) >= 11 is 0. The highest BCUT2D eigenvalue weighted by atomic mass is 19.1. The van der Waals surface area contributed by atoms with Crippen molar-refractivity contribution in [3.63, 3.8) is 0 Å². The third kappa shape index (κ3) is 3.31. The van der Waals surface area contributed by atoms with E-state index in [2.05, 4.69) is 22.1 Å². The summed E-state index contributed by atoms with van der Waals surface area (Å²) in [7, 11) is 1.57. The van der Waals surface area contributed by atoms with Crippen molar-refractivity contribution in [1.82, 2.24) is 19.8 Å². The number of carbonyl (C=O) groups excluding carboxylic acids is 1. The van der Waals surface area contributed by atoms with Gasteiger partial charge >= 0.3 is 0 Å². The number of amides is 1. The molecule has 1 aromatic heterocycles. The van der Waals surface area contributed by atoms with Crippen LogP contribution in [-0.2, 0) is 16.1 Å². The molecule has 1 aliphatic heterocycles. The summed E-state index contributed by atoms with van der Waals surface area (Å²) in [5.41, 5.74) is 1.08. The molecule has 2 heterocycles. The van der Waals surface area contributed by atoms with Gasteiger partial charge in [-0.25, -0.2) is 9.37 Å². The molecule has 1 saturated heterocycles. The van der Waals surface area contributed by atoms with E-state index >= 15 is 4.39 Å². The lowest BCUT2D eigenvalue weighted by atomic mass is 9.85. The molecule has 1 amide bonds. The molecule has 1 unspecified atom stereocenters. The summed E-state index contributed by atoms with van der Waals surface area (Å²) in [6, 6.07) is 6.96. The highest BCUT2D eigenvalue weighted by Crippen LogP contribution is 2.32. The fourth-order valence-corrected chi connectivity index (χ4v) is 3.15. The van der Waals surface area contributed by atoms with Crippen LogP contribution in [0.1, 0.15) is 44.0 Å². The van der Waals surface area contributed by atoms with E-state index in [1.165, 1.54) is 22.7 Å². The van der Waals surface area contributed by atoms with Crippen LogP contribution in [0.15, 0.2) is 36.8 Å². The molecule has 1 aliphatic rings. The number of guanidine groups is 1. The third-order valence-electron chi connectivity index (χ3n) is 4.98. The number of carbonyl (C=O) groups is 1. The second-order valence-corrected chi connectivity index (χ2v) is 7.01. The van der Waals surface area contributed by atoms with E-state index in [-0.39, 0.29) is 18.3 Å². The van der Waals surface area contributed by atoms with E-state index < -0.39 is 11.3 Å². The number of hydrogen-bond donors (Lipinski definition) is 2. The van der Waals surface area contributed by atoms with Gasteiger partial charge in [0.05, 0.1) is 18.3 Å². The topological polar surface area (TPSA) is 74.0 Å². The number of imidazole rings is 1. The summed E-state index contributed by atoms with van der Waals surface area (Å²) in [6.07, 6.45) is 3.22. The summed E-state index contributed by atoms with van der Waals surface area (Å²) < 4.78 is 16.8. The van der Waals surface area contributed by atoms with Crippen molar-refractivity contribution < 1.29 is 9.18 Å². The van der Waals surface area contributed by atoms with Crippen molar-refractivity contribution in [3.8, 4) is 11.8 Å². The minimum atomic E-state index is -1.79. The van der Waals surface area contributed by atoms with Gasteiger partial charge in [0.2, 0.25) is 11.7 Å². The molecule has 7 heteroatoms. The van der Waals surface area contributed by atoms with E-state index in [4.69, 9.17) is 5.41 Å². The fraction of sp³-hybridized carbons (Fsp3) is 0.350. The van der Waals surface area contributed by atoms with E-state index in [0.29, 0.717) is 11.3 Å². The lowest BCUT2D eigenvalue weighted by Gasteiger charge is -2.39. The van der Waals surface area contributed by atoms with Crippen molar-refractivity contribution in [1.29, 1.82) is 5.41 Å². The van der Waals surface area contributed by atoms with Crippen LogP contribution in [0.4, 0.5) is 4.39 Å². The first-order chi connectivity index (χ1) is 12.7. The molecule has 2 atom stereocenters. The summed E-state index contributed by atoms with van der Waals surface area (Å²) in [5.74, 6) is 3.68. The Hall–Kier alpha value is -3.14. The minimum absolute atomic E-state index is 0.0520. The summed E-state index contributed by atoms with van der Waals surface area (Å²) in [5, 5.41) is 11.0. The Morgan fingerprint density at radius 1 is 1.37 bits per heavy atom. The molecule has 140 valence electrons. The Morgan fingerprint density at radius 3 is 2.63 bits per heavy atom. The van der Waals surface area contributed by atoms with Crippen molar-refractivity contribution in [2.45, 2.75) is 38.5 Å². The zero-order valence-electron chi connectivity index (χ0n) is 15.8. The molecule has 3 rings (SSSR count). The molecule has 6 nitrogen and oxygen atoms in total. The van der Waals surface area contributed by atoms with Gasteiger partial charge in [-0.3, -0.25) is 19.7 Å². The molecular weight excluding hydrogens is 345 g/mol. The number of hydrogen-bond acceptors (Lipinski definition) is 3. The quantitative estimate of drug-likeness (QED) is 0.819. The molecule has 2 N–H and O–H groups in total. The van der Waals surface area contributed by atoms with E-state index in [1.807, 2.05) is 6.92 Å². The molecule has 1 aromatic carbocycles. The third-order valence-corrected chi connectivity index (χ3v) is 4.98. The van der Waals surface area contributed by atoms with Crippen LogP contribution in [0.25, 0.3) is 0 Å². The van der Waals surface area contributed by atoms with Gasteiger partial charge in [-0.15, -0.1) is 0 Å². The molecule has 0 aliphatic carbocycles. The van der Waals surface area contributed by atoms with Crippen molar-refractivity contribution in [2.75, 3.05) is 7.05 Å². The van der Waals surface area contributed by atoms with Crippen molar-refractivity contribution in [3.05, 3.63) is 53.6 Å². The first-order valence-electron chi connectivity index (χ1n) is 8.58. The number of aromatic nitrogens is 2. The van der Waals surface area contributed by atoms with Gasteiger partial charge in [0.25, 0.3) is 0 Å². The zero-order chi connectivity index (χ0) is 19.8. The van der Waals surface area contributed by atoms with Crippen LogP contribution >= 0.6 is 0 Å². The smallest absolute Gasteiger partial charge is 0.231 e. The molecule has 0 radical (unpaired) electrons. The maximum absolute atomic E-state index is 15.4. The van der Waals surface area contributed by atoms with Crippen LogP contribution in [0.3, 0.4) is 0 Å². The van der Waals surface area contributed by atoms with Gasteiger partial charge in [0.1, 0.15) is 5.69 Å². The largest absolute Gasteiger partial charge is 0.346 e. The van der Waals surface area contributed by atoms with Gasteiger partial charge in [-0.2, -0.15) is 0 Å². The summed E-state index contributed by atoms with van der Waals surface area (Å²) in [4.78, 5) is 17.5. The second kappa shape index (κ2) is 6.54. The van der Waals surface area contributed by atoms with Crippen LogP contribution in [-0.4, -0.2) is 33.4 Å². The predicted octanol–water partition coefficient (Wildman–Crippen LogP) is 2.55. The van der Waals surface area contributed by atoms with E-state index in [9.17, 15) is 4.79 Å². The van der Waals surface area contributed by atoms with Crippen molar-refractivity contribution >= 4 is 11.9 Å². The van der Waals surface area contributed by atoms with Crippen LogP contribution < -0.4 is 5.32 Å². The maximum Gasteiger partial charge on any atom is 0.231 e. The molecule has 2 aromatic rings. The highest BCUT2D eigenvalue weighted by molar-refractivity contribution is 5.98.